The molecule has 0 spiro atoms. The lowest BCUT2D eigenvalue weighted by molar-refractivity contribution is -0.134. The van der Waals surface area contributed by atoms with E-state index in [4.69, 9.17) is 21.8 Å². The summed E-state index contributed by atoms with van der Waals surface area (Å²) in [4.78, 5) is 31.3. The van der Waals surface area contributed by atoms with Crippen LogP contribution in [0, 0.1) is 0 Å². The van der Waals surface area contributed by atoms with E-state index in [-0.39, 0.29) is 5.43 Å². The standard InChI is InChI=1S/C13H7ClOS.C4H4O4/c14-9-5-3-7-11-12(9)13(15)8-4-1-2-6-10(8)16-11;5-3(6)1-2-4(7)8/h1-7H;1-2H,(H,5,6)(H,7,8)/b;2-1-. The highest BCUT2D eigenvalue weighted by molar-refractivity contribution is 7.24. The molecule has 24 heavy (non-hydrogen) atoms. The van der Waals surface area contributed by atoms with Gasteiger partial charge in [0.05, 0.1) is 10.4 Å². The number of carbonyl (C=O) groups is 2. The minimum absolute atomic E-state index is 0.0231. The Morgan fingerprint density at radius 2 is 1.50 bits per heavy atom. The van der Waals surface area contributed by atoms with Crippen molar-refractivity contribution in [2.75, 3.05) is 0 Å². The fourth-order valence-electron chi connectivity index (χ4n) is 1.95. The largest absolute Gasteiger partial charge is 0.478 e. The monoisotopic (exact) mass is 362 g/mol. The molecule has 0 aliphatic rings. The van der Waals surface area contributed by atoms with Crippen molar-refractivity contribution in [3.8, 4) is 0 Å². The predicted octanol–water partition coefficient (Wildman–Crippen LogP) is 3.78. The molecular weight excluding hydrogens is 352 g/mol. The number of hydrogen-bond donors (Lipinski definition) is 2. The van der Waals surface area contributed by atoms with Crippen LogP contribution in [-0.2, 0) is 9.59 Å². The first-order valence-electron chi connectivity index (χ1n) is 6.64. The number of benzene rings is 2. The summed E-state index contributed by atoms with van der Waals surface area (Å²) < 4.78 is 1.94. The Balaban J connectivity index is 0.000000224. The molecule has 7 heteroatoms. The second kappa shape index (κ2) is 7.72. The molecule has 0 saturated heterocycles. The summed E-state index contributed by atoms with van der Waals surface area (Å²) in [7, 11) is 0. The van der Waals surface area contributed by atoms with Gasteiger partial charge in [-0.25, -0.2) is 9.59 Å². The predicted molar refractivity (Wildman–Crippen MR) is 95.0 cm³/mol. The number of hydrogen-bond acceptors (Lipinski definition) is 4. The van der Waals surface area contributed by atoms with Crippen LogP contribution in [0.15, 0.2) is 59.4 Å². The average Bonchev–Trinajstić information content (AvgIpc) is 2.54. The summed E-state index contributed by atoms with van der Waals surface area (Å²) in [5, 5.41) is 17.5. The third-order valence-corrected chi connectivity index (χ3v) is 4.37. The average molecular weight is 363 g/mol. The van der Waals surface area contributed by atoms with Crippen LogP contribution in [-0.4, -0.2) is 22.2 Å². The van der Waals surface area contributed by atoms with E-state index in [0.29, 0.717) is 22.6 Å². The van der Waals surface area contributed by atoms with Crippen molar-refractivity contribution >= 4 is 55.0 Å². The topological polar surface area (TPSA) is 91.7 Å². The van der Waals surface area contributed by atoms with Gasteiger partial charge in [-0.3, -0.25) is 4.79 Å². The molecule has 2 N–H and O–H groups in total. The molecule has 0 fully saturated rings. The van der Waals surface area contributed by atoms with Crippen LogP contribution >= 0.6 is 22.9 Å². The highest BCUT2D eigenvalue weighted by Crippen LogP contribution is 2.28. The van der Waals surface area contributed by atoms with Gasteiger partial charge in [-0.2, -0.15) is 0 Å². The molecule has 5 nitrogen and oxygen atoms in total. The second-order valence-corrected chi connectivity index (χ2v) is 6.04. The van der Waals surface area contributed by atoms with Crippen LogP contribution in [0.2, 0.25) is 5.02 Å². The third-order valence-electron chi connectivity index (χ3n) is 2.92. The first-order chi connectivity index (χ1) is 11.4. The van der Waals surface area contributed by atoms with Crippen molar-refractivity contribution in [3.05, 3.63) is 69.9 Å². The van der Waals surface area contributed by atoms with E-state index in [2.05, 4.69) is 0 Å². The van der Waals surface area contributed by atoms with E-state index in [1.807, 2.05) is 36.4 Å². The summed E-state index contributed by atoms with van der Waals surface area (Å²) in [5.41, 5.74) is 0.0231. The van der Waals surface area contributed by atoms with E-state index >= 15 is 0 Å². The van der Waals surface area contributed by atoms with Gasteiger partial charge in [0, 0.05) is 26.9 Å². The lowest BCUT2D eigenvalue weighted by Gasteiger charge is -2.01. The Kier molecular flexibility index (Phi) is 5.68. The maximum Gasteiger partial charge on any atom is 0.328 e. The molecule has 1 heterocycles. The van der Waals surface area contributed by atoms with E-state index in [1.165, 1.54) is 0 Å². The number of fused-ring (bicyclic) bond motifs is 2. The van der Waals surface area contributed by atoms with Gasteiger partial charge in [0.15, 0.2) is 5.43 Å². The van der Waals surface area contributed by atoms with Crippen molar-refractivity contribution in [3.63, 3.8) is 0 Å². The number of halogens is 1. The van der Waals surface area contributed by atoms with Gasteiger partial charge in [-0.1, -0.05) is 29.8 Å². The number of carboxylic acids is 2. The Bertz CT molecular complexity index is 991. The minimum atomic E-state index is -1.26. The maximum absolute atomic E-state index is 12.2. The summed E-state index contributed by atoms with van der Waals surface area (Å²) in [6.45, 7) is 0. The van der Waals surface area contributed by atoms with Gasteiger partial charge in [-0.05, 0) is 24.3 Å². The van der Waals surface area contributed by atoms with Gasteiger partial charge >= 0.3 is 11.9 Å². The van der Waals surface area contributed by atoms with Gasteiger partial charge in [-0.15, -0.1) is 11.3 Å². The fraction of sp³-hybridized carbons (Fsp3) is 0. The van der Waals surface area contributed by atoms with E-state index in [1.54, 1.807) is 17.4 Å². The number of aliphatic carboxylic acids is 2. The molecule has 0 aliphatic heterocycles. The highest BCUT2D eigenvalue weighted by Gasteiger charge is 2.07. The van der Waals surface area contributed by atoms with Crippen LogP contribution in [0.5, 0.6) is 0 Å². The first kappa shape index (κ1) is 17.7. The van der Waals surface area contributed by atoms with Crippen molar-refractivity contribution in [2.45, 2.75) is 0 Å². The molecule has 0 amide bonds. The van der Waals surface area contributed by atoms with Crippen LogP contribution < -0.4 is 5.43 Å². The molecule has 2 aromatic carbocycles. The molecule has 0 unspecified atom stereocenters. The zero-order valence-electron chi connectivity index (χ0n) is 12.1. The zero-order chi connectivity index (χ0) is 17.7. The van der Waals surface area contributed by atoms with Gasteiger partial charge < -0.3 is 10.2 Å². The highest BCUT2D eigenvalue weighted by atomic mass is 35.5. The smallest absolute Gasteiger partial charge is 0.328 e. The normalized spacial score (nSPS) is 10.5. The van der Waals surface area contributed by atoms with E-state index in [0.717, 1.165) is 14.8 Å². The van der Waals surface area contributed by atoms with Crippen LogP contribution in [0.25, 0.3) is 20.2 Å². The molecule has 0 saturated carbocycles. The fourth-order valence-corrected chi connectivity index (χ4v) is 3.37. The summed E-state index contributed by atoms with van der Waals surface area (Å²) in [6, 6.07) is 13.2. The number of rotatable bonds is 2. The molecule has 0 radical (unpaired) electrons. The van der Waals surface area contributed by atoms with Crippen molar-refractivity contribution in [1.29, 1.82) is 0 Å². The summed E-state index contributed by atoms with van der Waals surface area (Å²) in [5.74, 6) is -2.51. The molecule has 0 bridgehead atoms. The second-order valence-electron chi connectivity index (χ2n) is 4.55. The molecular formula is C17H11ClO5S. The zero-order valence-corrected chi connectivity index (χ0v) is 13.7. The first-order valence-corrected chi connectivity index (χ1v) is 7.83. The van der Waals surface area contributed by atoms with Crippen molar-refractivity contribution in [1.82, 2.24) is 0 Å². The Morgan fingerprint density at radius 1 is 0.917 bits per heavy atom. The minimum Gasteiger partial charge on any atom is -0.478 e. The number of carboxylic acid groups (broad SMARTS) is 2. The summed E-state index contributed by atoms with van der Waals surface area (Å²) >= 11 is 7.66. The van der Waals surface area contributed by atoms with Crippen LogP contribution in [0.3, 0.4) is 0 Å². The van der Waals surface area contributed by atoms with Gasteiger partial charge in [0.1, 0.15) is 0 Å². The molecule has 122 valence electrons. The van der Waals surface area contributed by atoms with E-state index in [9.17, 15) is 14.4 Å². The quantitative estimate of drug-likeness (QED) is 0.534. The Labute approximate surface area is 145 Å². The SMILES string of the molecule is O=C(O)/C=C\C(=O)O.O=c1c2ccccc2sc2cccc(Cl)c12. The van der Waals surface area contributed by atoms with E-state index < -0.39 is 11.9 Å². The Hall–Kier alpha value is -2.70. The van der Waals surface area contributed by atoms with Crippen molar-refractivity contribution in [2.24, 2.45) is 0 Å². The molecule has 1 aromatic heterocycles. The third kappa shape index (κ3) is 4.18. The molecule has 0 atom stereocenters. The molecule has 3 aromatic rings. The molecule has 0 aliphatic carbocycles. The van der Waals surface area contributed by atoms with Gasteiger partial charge in [0.25, 0.3) is 0 Å². The lowest BCUT2D eigenvalue weighted by atomic mass is 10.2. The van der Waals surface area contributed by atoms with Crippen LogP contribution in [0.4, 0.5) is 0 Å². The maximum atomic E-state index is 12.2. The molecule has 3 rings (SSSR count). The van der Waals surface area contributed by atoms with Crippen molar-refractivity contribution < 1.29 is 19.8 Å². The summed E-state index contributed by atoms with van der Waals surface area (Å²) in [6.07, 6.45) is 1.12. The lowest BCUT2D eigenvalue weighted by Crippen LogP contribution is -2.01. The Morgan fingerprint density at radius 3 is 2.12 bits per heavy atom. The van der Waals surface area contributed by atoms with Crippen LogP contribution in [0.1, 0.15) is 0 Å². The van der Waals surface area contributed by atoms with Gasteiger partial charge in [0.2, 0.25) is 0 Å².